The van der Waals surface area contributed by atoms with Crippen LogP contribution in [0.25, 0.3) is 21.3 Å². The van der Waals surface area contributed by atoms with Gasteiger partial charge in [-0.3, -0.25) is 4.79 Å². The van der Waals surface area contributed by atoms with E-state index in [1.807, 2.05) is 0 Å². The minimum Gasteiger partial charge on any atom is -0.504 e. The Kier molecular flexibility index (Phi) is 5.20. The summed E-state index contributed by atoms with van der Waals surface area (Å²) in [4.78, 5) is 32.0. The number of esters is 1. The van der Waals surface area contributed by atoms with Crippen molar-refractivity contribution in [2.24, 2.45) is 0 Å². The van der Waals surface area contributed by atoms with E-state index < -0.39 is 11.5 Å². The smallest absolute Gasteiger partial charge is 0.348 e. The van der Waals surface area contributed by atoms with E-state index in [4.69, 9.17) is 21.1 Å². The van der Waals surface area contributed by atoms with E-state index >= 15 is 0 Å². The number of fused-ring (bicyclic) bond motifs is 1. The molecular formula is C18H15ClN2O5S. The minimum absolute atomic E-state index is 0.0378. The number of phenols is 1. The number of carbonyl (C=O) groups excluding carboxylic acids is 1. The number of aromatic amines is 1. The number of thiophene rings is 1. The summed E-state index contributed by atoms with van der Waals surface area (Å²) in [6, 6.07) is 4.76. The third-order valence-electron chi connectivity index (χ3n) is 3.89. The summed E-state index contributed by atoms with van der Waals surface area (Å²) in [5.41, 5.74) is 0.712. The highest BCUT2D eigenvalue weighted by Crippen LogP contribution is 2.31. The maximum absolute atomic E-state index is 12.5. The summed E-state index contributed by atoms with van der Waals surface area (Å²) in [5.74, 6) is -0.0706. The predicted octanol–water partition coefficient (Wildman–Crippen LogP) is 3.53. The van der Waals surface area contributed by atoms with E-state index in [0.717, 1.165) is 11.3 Å². The second-order valence-corrected chi connectivity index (χ2v) is 6.97. The number of ether oxygens (including phenoxy) is 2. The number of aromatic hydroxyl groups is 1. The van der Waals surface area contributed by atoms with Gasteiger partial charge in [0.2, 0.25) is 0 Å². The summed E-state index contributed by atoms with van der Waals surface area (Å²) in [7, 11) is 2.73. The normalized spacial score (nSPS) is 11.6. The molecule has 0 saturated carbocycles. The SMILES string of the molecule is COC(=O)c1sc2nc(C(Cl)=Cc3ccc(OC)c(O)c3)[nH]c(=O)c2c1C. The van der Waals surface area contributed by atoms with Crippen molar-refractivity contribution in [2.45, 2.75) is 6.92 Å². The molecule has 7 nitrogen and oxygen atoms in total. The summed E-state index contributed by atoms with van der Waals surface area (Å²) in [6.07, 6.45) is 1.55. The zero-order valence-corrected chi connectivity index (χ0v) is 16.2. The van der Waals surface area contributed by atoms with Crippen molar-refractivity contribution in [3.05, 3.63) is 50.4 Å². The second kappa shape index (κ2) is 7.42. The molecule has 0 unspecified atom stereocenters. The number of benzene rings is 1. The highest BCUT2D eigenvalue weighted by Gasteiger charge is 2.20. The van der Waals surface area contributed by atoms with Gasteiger partial charge in [0.15, 0.2) is 17.3 Å². The lowest BCUT2D eigenvalue weighted by molar-refractivity contribution is 0.0605. The standard InChI is InChI=1S/C18H15ClN2O5S/c1-8-13-16(23)20-15(21-17(13)27-14(8)18(24)26-3)10(19)6-9-4-5-12(25-2)11(22)7-9/h4-7,22H,1-3H3,(H,20,21,23). The molecule has 0 aliphatic heterocycles. The number of H-pyrrole nitrogens is 1. The Hall–Kier alpha value is -2.84. The topological polar surface area (TPSA) is 102 Å². The first kappa shape index (κ1) is 18.9. The number of carbonyl (C=O) groups is 1. The van der Waals surface area contributed by atoms with E-state index in [1.165, 1.54) is 20.3 Å². The molecule has 0 amide bonds. The van der Waals surface area contributed by atoms with Crippen LogP contribution in [0.1, 0.15) is 26.6 Å². The van der Waals surface area contributed by atoms with Gasteiger partial charge in [0.25, 0.3) is 5.56 Å². The first-order valence-corrected chi connectivity index (χ1v) is 8.91. The van der Waals surface area contributed by atoms with Gasteiger partial charge in [0, 0.05) is 0 Å². The van der Waals surface area contributed by atoms with E-state index in [2.05, 4.69) is 9.97 Å². The molecular weight excluding hydrogens is 392 g/mol. The lowest BCUT2D eigenvalue weighted by Crippen LogP contribution is -2.10. The van der Waals surface area contributed by atoms with E-state index in [-0.39, 0.29) is 16.6 Å². The summed E-state index contributed by atoms with van der Waals surface area (Å²) in [6.45, 7) is 1.67. The Morgan fingerprint density at radius 3 is 2.74 bits per heavy atom. The predicted molar refractivity (Wildman–Crippen MR) is 105 cm³/mol. The molecule has 0 aliphatic rings. The van der Waals surface area contributed by atoms with Crippen molar-refractivity contribution >= 4 is 50.2 Å². The molecule has 9 heteroatoms. The maximum atomic E-state index is 12.5. The number of hydrogen-bond acceptors (Lipinski definition) is 7. The third-order valence-corrected chi connectivity index (χ3v) is 5.35. The zero-order chi connectivity index (χ0) is 19.7. The molecule has 0 radical (unpaired) electrons. The molecule has 0 saturated heterocycles. The van der Waals surface area contributed by atoms with Crippen LogP contribution in [0.5, 0.6) is 11.5 Å². The highest BCUT2D eigenvalue weighted by molar-refractivity contribution is 7.20. The number of rotatable bonds is 4. The number of halogens is 1. The van der Waals surface area contributed by atoms with Crippen LogP contribution in [0.15, 0.2) is 23.0 Å². The van der Waals surface area contributed by atoms with Crippen LogP contribution in [0.2, 0.25) is 0 Å². The fourth-order valence-corrected chi connectivity index (χ4v) is 3.87. The average molecular weight is 407 g/mol. The van der Waals surface area contributed by atoms with Gasteiger partial charge >= 0.3 is 5.97 Å². The van der Waals surface area contributed by atoms with Gasteiger partial charge in [-0.05, 0) is 36.3 Å². The molecule has 27 heavy (non-hydrogen) atoms. The molecule has 0 aliphatic carbocycles. The van der Waals surface area contributed by atoms with Gasteiger partial charge in [-0.25, -0.2) is 9.78 Å². The molecule has 3 aromatic rings. The Morgan fingerprint density at radius 1 is 1.37 bits per heavy atom. The van der Waals surface area contributed by atoms with Crippen molar-refractivity contribution in [1.29, 1.82) is 0 Å². The fraction of sp³-hybridized carbons (Fsp3) is 0.167. The van der Waals surface area contributed by atoms with Crippen LogP contribution in [-0.2, 0) is 4.74 Å². The molecule has 0 atom stereocenters. The van der Waals surface area contributed by atoms with Crippen molar-refractivity contribution < 1.29 is 19.4 Å². The molecule has 2 heterocycles. The first-order valence-electron chi connectivity index (χ1n) is 7.72. The van der Waals surface area contributed by atoms with Crippen LogP contribution in [0.3, 0.4) is 0 Å². The zero-order valence-electron chi connectivity index (χ0n) is 14.6. The minimum atomic E-state index is -0.521. The van der Waals surface area contributed by atoms with Crippen LogP contribution in [0, 0.1) is 6.92 Å². The van der Waals surface area contributed by atoms with Crippen molar-refractivity contribution in [3.8, 4) is 11.5 Å². The van der Waals surface area contributed by atoms with Crippen LogP contribution >= 0.6 is 22.9 Å². The van der Waals surface area contributed by atoms with E-state index in [9.17, 15) is 14.7 Å². The number of methoxy groups -OCH3 is 2. The Balaban J connectivity index is 2.07. The first-order chi connectivity index (χ1) is 12.8. The second-order valence-electron chi connectivity index (χ2n) is 5.57. The molecule has 0 bridgehead atoms. The summed E-state index contributed by atoms with van der Waals surface area (Å²) in [5, 5.41) is 10.4. The van der Waals surface area contributed by atoms with Gasteiger partial charge in [-0.2, -0.15) is 0 Å². The Bertz CT molecular complexity index is 1130. The van der Waals surface area contributed by atoms with Crippen molar-refractivity contribution in [1.82, 2.24) is 9.97 Å². The van der Waals surface area contributed by atoms with E-state index in [0.29, 0.717) is 32.0 Å². The quantitative estimate of drug-likeness (QED) is 0.642. The molecule has 2 N–H and O–H groups in total. The number of aryl methyl sites for hydroxylation is 1. The van der Waals surface area contributed by atoms with E-state index in [1.54, 1.807) is 25.1 Å². The number of hydrogen-bond donors (Lipinski definition) is 2. The third kappa shape index (κ3) is 3.54. The largest absolute Gasteiger partial charge is 0.504 e. The molecule has 0 spiro atoms. The fourth-order valence-electron chi connectivity index (χ4n) is 2.56. The van der Waals surface area contributed by atoms with Gasteiger partial charge in [-0.1, -0.05) is 17.7 Å². The van der Waals surface area contributed by atoms with Gasteiger partial charge in [-0.15, -0.1) is 11.3 Å². The maximum Gasteiger partial charge on any atom is 0.348 e. The molecule has 1 aromatic carbocycles. The average Bonchev–Trinajstić information content (AvgIpc) is 2.98. The summed E-state index contributed by atoms with van der Waals surface area (Å²) >= 11 is 7.37. The lowest BCUT2D eigenvalue weighted by Gasteiger charge is -2.04. The number of aromatic nitrogens is 2. The van der Waals surface area contributed by atoms with Crippen molar-refractivity contribution in [3.63, 3.8) is 0 Å². The number of nitrogens with one attached hydrogen (secondary N) is 1. The van der Waals surface area contributed by atoms with Gasteiger partial charge in [0.05, 0.1) is 24.6 Å². The monoisotopic (exact) mass is 406 g/mol. The Morgan fingerprint density at radius 2 is 2.11 bits per heavy atom. The van der Waals surface area contributed by atoms with Crippen molar-refractivity contribution in [2.75, 3.05) is 14.2 Å². The Labute approximate surface area is 162 Å². The molecule has 140 valence electrons. The summed E-state index contributed by atoms with van der Waals surface area (Å²) < 4.78 is 9.73. The molecule has 0 fully saturated rings. The van der Waals surface area contributed by atoms with Gasteiger partial charge < -0.3 is 19.6 Å². The van der Waals surface area contributed by atoms with Crippen LogP contribution in [0.4, 0.5) is 0 Å². The van der Waals surface area contributed by atoms with Crippen LogP contribution < -0.4 is 10.3 Å². The number of nitrogens with zero attached hydrogens (tertiary/aromatic N) is 1. The highest BCUT2D eigenvalue weighted by atomic mass is 35.5. The lowest BCUT2D eigenvalue weighted by atomic mass is 10.2. The van der Waals surface area contributed by atoms with Gasteiger partial charge in [0.1, 0.15) is 9.71 Å². The molecule has 2 aromatic heterocycles. The molecule has 3 rings (SSSR count). The number of phenolic OH excluding ortho intramolecular Hbond substituents is 1. The van der Waals surface area contributed by atoms with Crippen LogP contribution in [-0.4, -0.2) is 35.3 Å².